The average Bonchev–Trinajstić information content (AvgIpc) is 2.71. The van der Waals surface area contributed by atoms with Gasteiger partial charge in [0.1, 0.15) is 0 Å². The zero-order chi connectivity index (χ0) is 20.9. The molecule has 0 aromatic heterocycles. The number of amides is 1. The number of rotatable bonds is 7. The number of anilines is 1. The summed E-state index contributed by atoms with van der Waals surface area (Å²) in [5, 5.41) is 3.00. The van der Waals surface area contributed by atoms with Crippen LogP contribution in [0.2, 0.25) is 0 Å². The Hall–Kier alpha value is -2.18. The quantitative estimate of drug-likeness (QED) is 0.747. The van der Waals surface area contributed by atoms with E-state index in [1.165, 1.54) is 4.31 Å². The molecule has 0 spiro atoms. The SMILES string of the molecule is Cc1ccc(C)c(NC(=O)[C@H]2CCCN(S(=O)(=O)CCCc3ccccc3)C2)c1. The summed E-state index contributed by atoms with van der Waals surface area (Å²) in [6, 6.07) is 15.9. The molecule has 6 heteroatoms. The van der Waals surface area contributed by atoms with Gasteiger partial charge in [-0.1, -0.05) is 42.5 Å². The van der Waals surface area contributed by atoms with Crippen molar-refractivity contribution >= 4 is 21.6 Å². The highest BCUT2D eigenvalue weighted by Crippen LogP contribution is 2.23. The van der Waals surface area contributed by atoms with Gasteiger partial charge in [0.2, 0.25) is 15.9 Å². The fourth-order valence-electron chi connectivity index (χ4n) is 3.75. The van der Waals surface area contributed by atoms with Crippen molar-refractivity contribution in [2.24, 2.45) is 5.92 Å². The van der Waals surface area contributed by atoms with Gasteiger partial charge in [-0.15, -0.1) is 0 Å². The van der Waals surface area contributed by atoms with Crippen LogP contribution in [0.15, 0.2) is 48.5 Å². The molecule has 0 unspecified atom stereocenters. The maximum Gasteiger partial charge on any atom is 0.228 e. The third-order valence-corrected chi connectivity index (χ3v) is 7.43. The van der Waals surface area contributed by atoms with Gasteiger partial charge < -0.3 is 5.32 Å². The third kappa shape index (κ3) is 5.90. The smallest absolute Gasteiger partial charge is 0.228 e. The average molecular weight is 415 g/mol. The molecular weight excluding hydrogens is 384 g/mol. The van der Waals surface area contributed by atoms with Gasteiger partial charge >= 0.3 is 0 Å². The predicted molar refractivity (Wildman–Crippen MR) is 117 cm³/mol. The molecule has 3 rings (SSSR count). The summed E-state index contributed by atoms with van der Waals surface area (Å²) in [7, 11) is -3.35. The molecule has 1 aliphatic heterocycles. The minimum Gasteiger partial charge on any atom is -0.326 e. The van der Waals surface area contributed by atoms with Crippen LogP contribution in [0.3, 0.4) is 0 Å². The number of sulfonamides is 1. The molecule has 0 radical (unpaired) electrons. The highest BCUT2D eigenvalue weighted by atomic mass is 32.2. The Morgan fingerprint density at radius 1 is 1.14 bits per heavy atom. The molecule has 1 amide bonds. The number of hydrogen-bond donors (Lipinski definition) is 1. The van der Waals surface area contributed by atoms with Gasteiger partial charge in [0.05, 0.1) is 11.7 Å². The van der Waals surface area contributed by atoms with E-state index in [1.54, 1.807) is 0 Å². The molecule has 29 heavy (non-hydrogen) atoms. The molecule has 0 saturated carbocycles. The Kier molecular flexibility index (Phi) is 7.09. The zero-order valence-electron chi connectivity index (χ0n) is 17.2. The van der Waals surface area contributed by atoms with Gasteiger partial charge in [-0.3, -0.25) is 4.79 Å². The fraction of sp³-hybridized carbons (Fsp3) is 0.435. The van der Waals surface area contributed by atoms with Crippen LogP contribution >= 0.6 is 0 Å². The lowest BCUT2D eigenvalue weighted by atomic mass is 9.98. The van der Waals surface area contributed by atoms with E-state index in [0.29, 0.717) is 25.8 Å². The molecule has 1 aliphatic rings. The molecule has 2 aromatic rings. The summed E-state index contributed by atoms with van der Waals surface area (Å²) >= 11 is 0. The van der Waals surface area contributed by atoms with Crippen molar-refractivity contribution in [1.82, 2.24) is 4.31 Å². The maximum absolute atomic E-state index is 12.8. The van der Waals surface area contributed by atoms with Crippen LogP contribution in [-0.4, -0.2) is 37.5 Å². The van der Waals surface area contributed by atoms with Gasteiger partial charge in [-0.05, 0) is 62.3 Å². The lowest BCUT2D eigenvalue weighted by Gasteiger charge is -2.31. The number of carbonyl (C=O) groups is 1. The summed E-state index contributed by atoms with van der Waals surface area (Å²) in [5.74, 6) is -0.289. The van der Waals surface area contributed by atoms with E-state index in [0.717, 1.165) is 28.8 Å². The first-order valence-corrected chi connectivity index (χ1v) is 11.9. The normalized spacial score (nSPS) is 17.8. The molecule has 156 valence electrons. The summed E-state index contributed by atoms with van der Waals surface area (Å²) in [5.41, 5.74) is 4.03. The minimum absolute atomic E-state index is 0.0946. The molecule has 2 aromatic carbocycles. The molecular formula is C23H30N2O3S. The fourth-order valence-corrected chi connectivity index (χ4v) is 5.33. The number of aryl methyl sites for hydroxylation is 3. The lowest BCUT2D eigenvalue weighted by Crippen LogP contribution is -2.44. The van der Waals surface area contributed by atoms with Crippen LogP contribution in [0.25, 0.3) is 0 Å². The van der Waals surface area contributed by atoms with Gasteiger partial charge in [0.15, 0.2) is 0 Å². The van der Waals surface area contributed by atoms with Crippen molar-refractivity contribution < 1.29 is 13.2 Å². The van der Waals surface area contributed by atoms with Crippen LogP contribution in [-0.2, 0) is 21.2 Å². The first-order valence-electron chi connectivity index (χ1n) is 10.2. The van der Waals surface area contributed by atoms with Crippen molar-refractivity contribution in [2.75, 3.05) is 24.2 Å². The Morgan fingerprint density at radius 3 is 2.66 bits per heavy atom. The van der Waals surface area contributed by atoms with E-state index in [1.807, 2.05) is 62.4 Å². The second kappa shape index (κ2) is 9.55. The molecule has 1 saturated heterocycles. The molecule has 1 heterocycles. The number of nitrogens with one attached hydrogen (secondary N) is 1. The first-order chi connectivity index (χ1) is 13.8. The summed E-state index contributed by atoms with van der Waals surface area (Å²) in [6.07, 6.45) is 2.75. The van der Waals surface area contributed by atoms with Crippen molar-refractivity contribution in [3.05, 3.63) is 65.2 Å². The number of piperidine rings is 1. The standard InChI is InChI=1S/C23H30N2O3S/c1-18-12-13-19(2)22(16-18)24-23(26)21-11-6-14-25(17-21)29(27,28)15-7-10-20-8-4-3-5-9-20/h3-5,8-9,12-13,16,21H,6-7,10-11,14-15,17H2,1-2H3,(H,24,26)/t21-/m0/s1. The number of hydrogen-bond acceptors (Lipinski definition) is 3. The maximum atomic E-state index is 12.8. The number of nitrogens with zero attached hydrogens (tertiary/aromatic N) is 1. The zero-order valence-corrected chi connectivity index (χ0v) is 18.0. The van der Waals surface area contributed by atoms with Crippen molar-refractivity contribution in [3.63, 3.8) is 0 Å². The van der Waals surface area contributed by atoms with Gasteiger partial charge in [-0.2, -0.15) is 0 Å². The molecule has 1 N–H and O–H groups in total. The number of carbonyl (C=O) groups excluding carboxylic acids is 1. The van der Waals surface area contributed by atoms with E-state index in [2.05, 4.69) is 5.32 Å². The Balaban J connectivity index is 1.57. The Labute approximate surface area is 174 Å². The van der Waals surface area contributed by atoms with Gasteiger partial charge in [-0.25, -0.2) is 12.7 Å². The molecule has 0 bridgehead atoms. The topological polar surface area (TPSA) is 66.5 Å². The monoisotopic (exact) mass is 414 g/mol. The Morgan fingerprint density at radius 2 is 1.90 bits per heavy atom. The lowest BCUT2D eigenvalue weighted by molar-refractivity contribution is -0.120. The highest BCUT2D eigenvalue weighted by Gasteiger charge is 2.32. The van der Waals surface area contributed by atoms with Gasteiger partial charge in [0, 0.05) is 18.8 Å². The van der Waals surface area contributed by atoms with Gasteiger partial charge in [0.25, 0.3) is 0 Å². The third-order valence-electron chi connectivity index (χ3n) is 5.51. The van der Waals surface area contributed by atoms with Crippen LogP contribution in [0.4, 0.5) is 5.69 Å². The van der Waals surface area contributed by atoms with Crippen LogP contribution in [0, 0.1) is 19.8 Å². The van der Waals surface area contributed by atoms with Crippen LogP contribution in [0.5, 0.6) is 0 Å². The highest BCUT2D eigenvalue weighted by molar-refractivity contribution is 7.89. The second-order valence-corrected chi connectivity index (χ2v) is 10.00. The Bertz CT molecular complexity index is 942. The first kappa shape index (κ1) is 21.5. The molecule has 1 atom stereocenters. The molecule has 5 nitrogen and oxygen atoms in total. The van der Waals surface area contributed by atoms with E-state index in [-0.39, 0.29) is 24.1 Å². The largest absolute Gasteiger partial charge is 0.326 e. The summed E-state index contributed by atoms with van der Waals surface area (Å²) < 4.78 is 27.1. The molecule has 1 fully saturated rings. The molecule has 0 aliphatic carbocycles. The van der Waals surface area contributed by atoms with Crippen molar-refractivity contribution in [3.8, 4) is 0 Å². The minimum atomic E-state index is -3.35. The summed E-state index contributed by atoms with van der Waals surface area (Å²) in [4.78, 5) is 12.8. The number of benzene rings is 2. The van der Waals surface area contributed by atoms with Crippen LogP contribution in [0.1, 0.15) is 36.0 Å². The second-order valence-electron chi connectivity index (χ2n) is 7.91. The van der Waals surface area contributed by atoms with Crippen molar-refractivity contribution in [2.45, 2.75) is 39.5 Å². The van der Waals surface area contributed by atoms with Crippen LogP contribution < -0.4 is 5.32 Å². The van der Waals surface area contributed by atoms with E-state index in [4.69, 9.17) is 0 Å². The predicted octanol–water partition coefficient (Wildman–Crippen LogP) is 3.92. The summed E-state index contributed by atoms with van der Waals surface area (Å²) in [6.45, 7) is 4.71. The van der Waals surface area contributed by atoms with E-state index < -0.39 is 10.0 Å². The van der Waals surface area contributed by atoms with E-state index in [9.17, 15) is 13.2 Å². The van der Waals surface area contributed by atoms with E-state index >= 15 is 0 Å². The van der Waals surface area contributed by atoms with Crippen molar-refractivity contribution in [1.29, 1.82) is 0 Å².